The smallest absolute Gasteiger partial charge is 0.319 e. The predicted octanol–water partition coefficient (Wildman–Crippen LogP) is 1.66. The first-order chi connectivity index (χ1) is 12.2. The lowest BCUT2D eigenvalue weighted by molar-refractivity contribution is 0.0835. The van der Waals surface area contributed by atoms with Crippen LogP contribution in [-0.4, -0.2) is 42.0 Å². The SMILES string of the molecule is COc1ccc(NC(=O)NCc2noc([C@H]3CCCO3)n2)c(OC)n1. The highest BCUT2D eigenvalue weighted by Crippen LogP contribution is 2.27. The summed E-state index contributed by atoms with van der Waals surface area (Å²) in [7, 11) is 2.95. The Hall–Kier alpha value is -2.88. The average molecular weight is 349 g/mol. The minimum absolute atomic E-state index is 0.119. The second-order valence-corrected chi connectivity index (χ2v) is 5.27. The molecular formula is C15H19N5O5. The van der Waals surface area contributed by atoms with E-state index in [1.807, 2.05) is 0 Å². The van der Waals surface area contributed by atoms with Crippen molar-refractivity contribution in [3.8, 4) is 11.8 Å². The van der Waals surface area contributed by atoms with Gasteiger partial charge in [0, 0.05) is 12.7 Å². The summed E-state index contributed by atoms with van der Waals surface area (Å²) in [5.74, 6) is 1.45. The molecule has 134 valence electrons. The quantitative estimate of drug-likeness (QED) is 0.807. The lowest BCUT2D eigenvalue weighted by atomic mass is 10.2. The van der Waals surface area contributed by atoms with Gasteiger partial charge in [0.15, 0.2) is 5.82 Å². The molecule has 0 radical (unpaired) electrons. The van der Waals surface area contributed by atoms with Gasteiger partial charge in [-0.1, -0.05) is 5.16 Å². The topological polar surface area (TPSA) is 121 Å². The third kappa shape index (κ3) is 4.15. The van der Waals surface area contributed by atoms with Crippen LogP contribution >= 0.6 is 0 Å². The van der Waals surface area contributed by atoms with Crippen LogP contribution in [0.4, 0.5) is 10.5 Å². The molecule has 2 amide bonds. The summed E-state index contributed by atoms with van der Waals surface area (Å²) < 4.78 is 20.8. The maximum absolute atomic E-state index is 12.0. The molecule has 10 heteroatoms. The van der Waals surface area contributed by atoms with Gasteiger partial charge in [-0.25, -0.2) is 4.79 Å². The van der Waals surface area contributed by atoms with E-state index in [0.29, 0.717) is 29.9 Å². The van der Waals surface area contributed by atoms with E-state index < -0.39 is 6.03 Å². The van der Waals surface area contributed by atoms with Crippen LogP contribution in [0.3, 0.4) is 0 Å². The van der Waals surface area contributed by atoms with Gasteiger partial charge in [0.25, 0.3) is 5.89 Å². The zero-order chi connectivity index (χ0) is 17.6. The number of carbonyl (C=O) groups excluding carboxylic acids is 1. The Balaban J connectivity index is 1.54. The van der Waals surface area contributed by atoms with Gasteiger partial charge in [0.2, 0.25) is 11.8 Å². The molecule has 2 aromatic heterocycles. The van der Waals surface area contributed by atoms with Crippen LogP contribution in [0.25, 0.3) is 0 Å². The molecule has 10 nitrogen and oxygen atoms in total. The predicted molar refractivity (Wildman–Crippen MR) is 85.4 cm³/mol. The molecule has 0 saturated carbocycles. The maximum Gasteiger partial charge on any atom is 0.319 e. The number of ether oxygens (including phenoxy) is 3. The van der Waals surface area contributed by atoms with Gasteiger partial charge < -0.3 is 29.4 Å². The minimum Gasteiger partial charge on any atom is -0.481 e. The summed E-state index contributed by atoms with van der Waals surface area (Å²) in [6, 6.07) is 2.80. The van der Waals surface area contributed by atoms with Gasteiger partial charge >= 0.3 is 6.03 Å². The molecular weight excluding hydrogens is 330 g/mol. The highest BCUT2D eigenvalue weighted by molar-refractivity contribution is 5.90. The molecule has 3 heterocycles. The number of aromatic nitrogens is 3. The number of methoxy groups -OCH3 is 2. The zero-order valence-corrected chi connectivity index (χ0v) is 13.9. The second kappa shape index (κ2) is 7.79. The Morgan fingerprint density at radius 3 is 2.92 bits per heavy atom. The average Bonchev–Trinajstić information content (AvgIpc) is 3.31. The summed E-state index contributed by atoms with van der Waals surface area (Å²) >= 11 is 0. The fraction of sp³-hybridized carbons (Fsp3) is 0.467. The zero-order valence-electron chi connectivity index (χ0n) is 13.9. The van der Waals surface area contributed by atoms with Crippen LogP contribution in [-0.2, 0) is 11.3 Å². The molecule has 3 rings (SSSR count). The molecule has 0 spiro atoms. The number of anilines is 1. The molecule has 1 aliphatic rings. The van der Waals surface area contributed by atoms with Gasteiger partial charge in [-0.05, 0) is 18.9 Å². The van der Waals surface area contributed by atoms with Crippen molar-refractivity contribution in [2.24, 2.45) is 0 Å². The van der Waals surface area contributed by atoms with E-state index in [2.05, 4.69) is 25.8 Å². The van der Waals surface area contributed by atoms with Crippen molar-refractivity contribution in [2.75, 3.05) is 26.1 Å². The normalized spacial score (nSPS) is 16.5. The van der Waals surface area contributed by atoms with E-state index >= 15 is 0 Å². The van der Waals surface area contributed by atoms with Gasteiger partial charge in [-0.3, -0.25) is 0 Å². The number of carbonyl (C=O) groups is 1. The monoisotopic (exact) mass is 349 g/mol. The molecule has 25 heavy (non-hydrogen) atoms. The molecule has 2 N–H and O–H groups in total. The van der Waals surface area contributed by atoms with Crippen LogP contribution in [0, 0.1) is 0 Å². The molecule has 1 aliphatic heterocycles. The molecule has 1 atom stereocenters. The third-order valence-corrected chi connectivity index (χ3v) is 3.58. The molecule has 0 aliphatic carbocycles. The summed E-state index contributed by atoms with van der Waals surface area (Å²) in [6.45, 7) is 0.814. The fourth-order valence-corrected chi connectivity index (χ4v) is 2.36. The molecule has 2 aromatic rings. The van der Waals surface area contributed by atoms with Crippen molar-refractivity contribution in [2.45, 2.75) is 25.5 Å². The van der Waals surface area contributed by atoms with E-state index in [9.17, 15) is 4.79 Å². The Morgan fingerprint density at radius 1 is 1.32 bits per heavy atom. The molecule has 1 fully saturated rings. The van der Waals surface area contributed by atoms with Gasteiger partial charge in [-0.15, -0.1) is 0 Å². The Bertz CT molecular complexity index is 729. The van der Waals surface area contributed by atoms with Crippen molar-refractivity contribution >= 4 is 11.7 Å². The van der Waals surface area contributed by atoms with Crippen molar-refractivity contribution < 1.29 is 23.5 Å². The van der Waals surface area contributed by atoms with E-state index in [0.717, 1.165) is 12.8 Å². The van der Waals surface area contributed by atoms with E-state index in [-0.39, 0.29) is 18.5 Å². The lowest BCUT2D eigenvalue weighted by Crippen LogP contribution is -2.28. The van der Waals surface area contributed by atoms with Crippen LogP contribution < -0.4 is 20.1 Å². The van der Waals surface area contributed by atoms with Crippen LogP contribution in [0.1, 0.15) is 30.7 Å². The van der Waals surface area contributed by atoms with Crippen LogP contribution in [0.15, 0.2) is 16.7 Å². The van der Waals surface area contributed by atoms with Crippen molar-refractivity contribution in [1.82, 2.24) is 20.4 Å². The van der Waals surface area contributed by atoms with Crippen LogP contribution in [0.2, 0.25) is 0 Å². The fourth-order valence-electron chi connectivity index (χ4n) is 2.36. The summed E-state index contributed by atoms with van der Waals surface area (Å²) in [5, 5.41) is 9.12. The van der Waals surface area contributed by atoms with Gasteiger partial charge in [0.1, 0.15) is 11.8 Å². The highest BCUT2D eigenvalue weighted by Gasteiger charge is 2.23. The minimum atomic E-state index is -0.450. The molecule has 0 bridgehead atoms. The van der Waals surface area contributed by atoms with Crippen molar-refractivity contribution in [1.29, 1.82) is 0 Å². The number of amides is 2. The lowest BCUT2D eigenvalue weighted by Gasteiger charge is -2.10. The molecule has 0 unspecified atom stereocenters. The Labute approximate surface area is 143 Å². The Morgan fingerprint density at radius 2 is 2.20 bits per heavy atom. The molecule has 0 aromatic carbocycles. The van der Waals surface area contributed by atoms with E-state index in [1.165, 1.54) is 14.2 Å². The van der Waals surface area contributed by atoms with Crippen molar-refractivity contribution in [3.05, 3.63) is 23.8 Å². The number of hydrogen-bond donors (Lipinski definition) is 2. The third-order valence-electron chi connectivity index (χ3n) is 3.58. The first-order valence-electron chi connectivity index (χ1n) is 7.77. The summed E-state index contributed by atoms with van der Waals surface area (Å²) in [6.07, 6.45) is 1.69. The number of rotatable bonds is 6. The molecule has 1 saturated heterocycles. The largest absolute Gasteiger partial charge is 0.481 e. The highest BCUT2D eigenvalue weighted by atomic mass is 16.5. The number of urea groups is 1. The van der Waals surface area contributed by atoms with Gasteiger partial charge in [-0.2, -0.15) is 9.97 Å². The van der Waals surface area contributed by atoms with Crippen LogP contribution in [0.5, 0.6) is 11.8 Å². The first-order valence-corrected chi connectivity index (χ1v) is 7.77. The van der Waals surface area contributed by atoms with E-state index in [4.69, 9.17) is 18.7 Å². The Kier molecular flexibility index (Phi) is 5.29. The number of pyridine rings is 1. The number of nitrogens with one attached hydrogen (secondary N) is 2. The first kappa shape index (κ1) is 17.0. The van der Waals surface area contributed by atoms with Crippen molar-refractivity contribution in [3.63, 3.8) is 0 Å². The number of hydrogen-bond acceptors (Lipinski definition) is 8. The van der Waals surface area contributed by atoms with E-state index in [1.54, 1.807) is 12.1 Å². The standard InChI is InChI=1S/C15H19N5O5/c1-22-12-6-5-9(13(19-12)23-2)17-15(21)16-8-11-18-14(25-20-11)10-4-3-7-24-10/h5-6,10H,3-4,7-8H2,1-2H3,(H2,16,17,21)/t10-/m1/s1. The number of nitrogens with zero attached hydrogens (tertiary/aromatic N) is 3. The van der Waals surface area contributed by atoms with Gasteiger partial charge in [0.05, 0.1) is 20.8 Å². The maximum atomic E-state index is 12.0. The summed E-state index contributed by atoms with van der Waals surface area (Å²) in [5.41, 5.74) is 0.411. The second-order valence-electron chi connectivity index (χ2n) is 5.27. The summed E-state index contributed by atoms with van der Waals surface area (Å²) in [4.78, 5) is 20.3.